The van der Waals surface area contributed by atoms with Crippen molar-refractivity contribution >= 4 is 33.7 Å². The van der Waals surface area contributed by atoms with Crippen LogP contribution in [-0.2, 0) is 14.4 Å². The number of hydrogen-bond donors (Lipinski definition) is 0. The second kappa shape index (κ2) is 4.83. The average molecular weight is 301 g/mol. The Morgan fingerprint density at radius 3 is 2.18 bits per heavy atom. The van der Waals surface area contributed by atoms with E-state index in [9.17, 15) is 24.6 Å². The Morgan fingerprint density at radius 2 is 1.76 bits per heavy atom. The summed E-state index contributed by atoms with van der Waals surface area (Å²) in [5.74, 6) is -3.49. The van der Waals surface area contributed by atoms with E-state index in [0.29, 0.717) is 10.1 Å². The molecule has 17 heavy (non-hydrogen) atoms. The Bertz CT molecular complexity index is 431. The minimum atomic E-state index is -1.62. The molecule has 1 rings (SSSR count). The summed E-state index contributed by atoms with van der Waals surface area (Å²) in [7, 11) is 0. The molecule has 5 nitrogen and oxygen atoms in total. The van der Waals surface area contributed by atoms with Crippen molar-refractivity contribution in [3.63, 3.8) is 0 Å². The number of carboxylic acids is 2. The number of allylic oxidation sites excluding steroid dienone is 4. The van der Waals surface area contributed by atoms with E-state index in [4.69, 9.17) is 0 Å². The molecule has 0 spiro atoms. The molecule has 0 saturated carbocycles. The number of hydrogen-bond acceptors (Lipinski definition) is 5. The fraction of sp³-hybridized carbons (Fsp3) is 0.364. The molecule has 1 aliphatic rings. The minimum absolute atomic E-state index is 0.293. The number of aliphatic carboxylic acids is 2. The quantitative estimate of drug-likeness (QED) is 0.667. The van der Waals surface area contributed by atoms with E-state index in [0.717, 1.165) is 0 Å². The predicted molar refractivity (Wildman–Crippen MR) is 57.5 cm³/mol. The number of carboxylic acid groups (broad SMARTS) is 2. The molecule has 0 unspecified atom stereocenters. The molecular formula is C11H9BrO5-2. The first kappa shape index (κ1) is 13.6. The zero-order valence-electron chi connectivity index (χ0n) is 8.99. The second-order valence-corrected chi connectivity index (χ2v) is 4.86. The number of rotatable bonds is 4. The zero-order chi connectivity index (χ0) is 13.2. The van der Waals surface area contributed by atoms with E-state index in [1.54, 1.807) is 0 Å². The SMILES string of the molecule is CC1=CC(Br)=CC(CC(=O)[O-])(CC(=O)[O-])C1=O. The van der Waals surface area contributed by atoms with Crippen molar-refractivity contribution < 1.29 is 24.6 Å². The lowest BCUT2D eigenvalue weighted by molar-refractivity contribution is -0.311. The van der Waals surface area contributed by atoms with Crippen LogP contribution in [0.15, 0.2) is 22.2 Å². The van der Waals surface area contributed by atoms with Crippen LogP contribution in [0.3, 0.4) is 0 Å². The Hall–Kier alpha value is -1.43. The van der Waals surface area contributed by atoms with E-state index in [-0.39, 0.29) is 0 Å². The average Bonchev–Trinajstić information content (AvgIpc) is 2.11. The van der Waals surface area contributed by atoms with Gasteiger partial charge in [0.1, 0.15) is 0 Å². The van der Waals surface area contributed by atoms with E-state index < -0.39 is 36.0 Å². The highest BCUT2D eigenvalue weighted by Gasteiger charge is 2.39. The maximum atomic E-state index is 11.9. The fourth-order valence-corrected chi connectivity index (χ4v) is 2.66. The molecular weight excluding hydrogens is 292 g/mol. The Kier molecular flexibility index (Phi) is 3.87. The summed E-state index contributed by atoms with van der Waals surface area (Å²) in [6.07, 6.45) is 1.43. The van der Waals surface area contributed by atoms with Crippen LogP contribution in [0, 0.1) is 5.41 Å². The maximum absolute atomic E-state index is 11.9. The van der Waals surface area contributed by atoms with Crippen LogP contribution in [0.25, 0.3) is 0 Å². The van der Waals surface area contributed by atoms with Crippen molar-refractivity contribution in [1.82, 2.24) is 0 Å². The highest BCUT2D eigenvalue weighted by Crippen LogP contribution is 2.38. The van der Waals surface area contributed by atoms with Crippen molar-refractivity contribution in [2.24, 2.45) is 5.41 Å². The van der Waals surface area contributed by atoms with Gasteiger partial charge in [-0.05, 0) is 18.6 Å². The summed E-state index contributed by atoms with van der Waals surface area (Å²) in [4.78, 5) is 33.3. The van der Waals surface area contributed by atoms with E-state index in [2.05, 4.69) is 15.9 Å². The van der Waals surface area contributed by atoms with Crippen LogP contribution >= 0.6 is 15.9 Å². The van der Waals surface area contributed by atoms with Crippen molar-refractivity contribution in [1.29, 1.82) is 0 Å². The summed E-state index contributed by atoms with van der Waals surface area (Å²) in [5, 5.41) is 21.3. The van der Waals surface area contributed by atoms with Crippen molar-refractivity contribution in [3.8, 4) is 0 Å². The van der Waals surface area contributed by atoms with Crippen LogP contribution in [0.5, 0.6) is 0 Å². The number of Topliss-reactive ketones (excluding diaryl/α,β-unsaturated/α-hetero) is 1. The molecule has 1 aliphatic carbocycles. The van der Waals surface area contributed by atoms with Gasteiger partial charge in [0.05, 0.1) is 5.41 Å². The van der Waals surface area contributed by atoms with Gasteiger partial charge in [0.25, 0.3) is 0 Å². The smallest absolute Gasteiger partial charge is 0.169 e. The highest BCUT2D eigenvalue weighted by atomic mass is 79.9. The van der Waals surface area contributed by atoms with E-state index in [1.165, 1.54) is 19.1 Å². The molecule has 92 valence electrons. The van der Waals surface area contributed by atoms with E-state index >= 15 is 0 Å². The lowest BCUT2D eigenvalue weighted by atomic mass is 9.72. The third kappa shape index (κ3) is 3.03. The molecule has 0 aromatic heterocycles. The molecule has 0 amide bonds. The number of ketones is 1. The molecule has 0 aromatic carbocycles. The molecule has 0 atom stereocenters. The first-order chi connectivity index (χ1) is 7.77. The van der Waals surface area contributed by atoms with Gasteiger partial charge in [-0.2, -0.15) is 0 Å². The standard InChI is InChI=1S/C11H11BrO5/c1-6-2-7(12)3-11(10(6)17,4-8(13)14)5-9(15)16/h2-3H,4-5H2,1H3,(H,13,14)(H,15,16)/p-2. The summed E-state index contributed by atoms with van der Waals surface area (Å²) >= 11 is 3.12. The van der Waals surface area contributed by atoms with Crippen molar-refractivity contribution in [3.05, 3.63) is 22.2 Å². The van der Waals surface area contributed by atoms with Gasteiger partial charge in [-0.3, -0.25) is 4.79 Å². The van der Waals surface area contributed by atoms with Gasteiger partial charge in [-0.15, -0.1) is 0 Å². The predicted octanol–water partition coefficient (Wildman–Crippen LogP) is -0.939. The van der Waals surface area contributed by atoms with Gasteiger partial charge < -0.3 is 19.8 Å². The Morgan fingerprint density at radius 1 is 1.29 bits per heavy atom. The normalized spacial score (nSPS) is 18.4. The molecule has 0 bridgehead atoms. The van der Waals surface area contributed by atoms with Crippen LogP contribution in [-0.4, -0.2) is 17.7 Å². The molecule has 0 fully saturated rings. The zero-order valence-corrected chi connectivity index (χ0v) is 10.6. The van der Waals surface area contributed by atoms with Crippen molar-refractivity contribution in [2.75, 3.05) is 0 Å². The first-order valence-corrected chi connectivity index (χ1v) is 5.57. The first-order valence-electron chi connectivity index (χ1n) is 4.78. The molecule has 0 saturated heterocycles. The summed E-state index contributed by atoms with van der Waals surface area (Å²) < 4.78 is 0.470. The van der Waals surface area contributed by atoms with Crippen LogP contribution in [0.2, 0.25) is 0 Å². The lowest BCUT2D eigenvalue weighted by Crippen LogP contribution is -2.43. The Balaban J connectivity index is 3.22. The largest absolute Gasteiger partial charge is 0.550 e. The maximum Gasteiger partial charge on any atom is 0.169 e. The van der Waals surface area contributed by atoms with Crippen LogP contribution in [0.1, 0.15) is 19.8 Å². The minimum Gasteiger partial charge on any atom is -0.550 e. The number of carbonyl (C=O) groups excluding carboxylic acids is 3. The third-order valence-corrected chi connectivity index (χ3v) is 2.96. The molecule has 0 radical (unpaired) electrons. The fourth-order valence-electron chi connectivity index (χ4n) is 1.88. The van der Waals surface area contributed by atoms with Crippen LogP contribution < -0.4 is 10.2 Å². The molecule has 0 N–H and O–H groups in total. The summed E-state index contributed by atoms with van der Waals surface area (Å²) in [6, 6.07) is 0. The molecule has 0 aliphatic heterocycles. The highest BCUT2D eigenvalue weighted by molar-refractivity contribution is 9.11. The summed E-state index contributed by atoms with van der Waals surface area (Å²) in [5.41, 5.74) is -1.32. The lowest BCUT2D eigenvalue weighted by Gasteiger charge is -2.33. The monoisotopic (exact) mass is 300 g/mol. The van der Waals surface area contributed by atoms with Crippen molar-refractivity contribution in [2.45, 2.75) is 19.8 Å². The molecule has 6 heteroatoms. The van der Waals surface area contributed by atoms with E-state index in [1.807, 2.05) is 0 Å². The van der Waals surface area contributed by atoms with Gasteiger partial charge in [-0.1, -0.05) is 22.0 Å². The van der Waals surface area contributed by atoms with Gasteiger partial charge in [0.2, 0.25) is 0 Å². The number of carbonyl (C=O) groups is 3. The topological polar surface area (TPSA) is 97.3 Å². The third-order valence-electron chi connectivity index (χ3n) is 2.50. The second-order valence-electron chi connectivity index (χ2n) is 3.94. The number of halogens is 1. The Labute approximate surface area is 106 Å². The summed E-state index contributed by atoms with van der Waals surface area (Å²) in [6.45, 7) is 1.50. The van der Waals surface area contributed by atoms with Gasteiger partial charge in [-0.25, -0.2) is 0 Å². The van der Waals surface area contributed by atoms with Gasteiger partial charge >= 0.3 is 0 Å². The molecule has 0 heterocycles. The van der Waals surface area contributed by atoms with Gasteiger partial charge in [0.15, 0.2) is 5.78 Å². The molecule has 0 aromatic rings. The van der Waals surface area contributed by atoms with Crippen LogP contribution in [0.4, 0.5) is 0 Å². The van der Waals surface area contributed by atoms with Gasteiger partial charge in [0, 0.05) is 29.3 Å².